The molecule has 0 spiro atoms. The number of thioether (sulfide) groups is 1. The van der Waals surface area contributed by atoms with Gasteiger partial charge in [-0.25, -0.2) is 0 Å². The molecule has 0 bridgehead atoms. The van der Waals surface area contributed by atoms with E-state index < -0.39 is 0 Å². The molecule has 19 heavy (non-hydrogen) atoms. The molecule has 1 aromatic rings. The summed E-state index contributed by atoms with van der Waals surface area (Å²) in [5, 5.41) is 17.5. The summed E-state index contributed by atoms with van der Waals surface area (Å²) in [6.45, 7) is 0.317. The zero-order valence-corrected chi connectivity index (χ0v) is 12.0. The van der Waals surface area contributed by atoms with Gasteiger partial charge in [-0.1, -0.05) is 11.8 Å². The van der Waals surface area contributed by atoms with Gasteiger partial charge in [-0.15, -0.1) is 0 Å². The van der Waals surface area contributed by atoms with Crippen molar-refractivity contribution in [3.63, 3.8) is 0 Å². The summed E-state index contributed by atoms with van der Waals surface area (Å²) >= 11 is 1.77. The maximum atomic E-state index is 8.76. The fourth-order valence-corrected chi connectivity index (χ4v) is 2.44. The Morgan fingerprint density at radius 1 is 1.26 bits per heavy atom. The summed E-state index contributed by atoms with van der Waals surface area (Å²) in [5.41, 5.74) is 2.11. The van der Waals surface area contributed by atoms with E-state index in [1.807, 2.05) is 18.2 Å². The summed E-state index contributed by atoms with van der Waals surface area (Å²) in [7, 11) is 1.65. The van der Waals surface area contributed by atoms with Crippen molar-refractivity contribution in [2.75, 3.05) is 26.1 Å². The first kappa shape index (κ1) is 15.9. The summed E-state index contributed by atoms with van der Waals surface area (Å²) in [5.74, 6) is 8.62. The molecule has 0 saturated heterocycles. The molecule has 0 saturated carbocycles. The molecular formula is C15H20O3S. The molecule has 0 fully saturated rings. The van der Waals surface area contributed by atoms with Gasteiger partial charge in [-0.3, -0.25) is 0 Å². The lowest BCUT2D eigenvalue weighted by molar-refractivity contribution is 0.296. The lowest BCUT2D eigenvalue weighted by atomic mass is 10.1. The average Bonchev–Trinajstić information content (AvgIpc) is 2.45. The van der Waals surface area contributed by atoms with Gasteiger partial charge in [0.1, 0.15) is 5.75 Å². The van der Waals surface area contributed by atoms with Gasteiger partial charge in [0.05, 0.1) is 13.7 Å². The van der Waals surface area contributed by atoms with E-state index in [1.54, 1.807) is 18.9 Å². The smallest absolute Gasteiger partial charge is 0.119 e. The van der Waals surface area contributed by atoms with Crippen molar-refractivity contribution in [2.45, 2.75) is 18.6 Å². The second-order valence-corrected chi connectivity index (χ2v) is 5.03. The van der Waals surface area contributed by atoms with Crippen LogP contribution in [0.25, 0.3) is 0 Å². The molecule has 4 heteroatoms. The highest BCUT2D eigenvalue weighted by atomic mass is 32.2. The van der Waals surface area contributed by atoms with Gasteiger partial charge < -0.3 is 14.9 Å². The van der Waals surface area contributed by atoms with Crippen LogP contribution >= 0.6 is 11.8 Å². The molecule has 104 valence electrons. The van der Waals surface area contributed by atoms with Gasteiger partial charge in [-0.05, 0) is 35.9 Å². The fraction of sp³-hybridized carbons (Fsp3) is 0.467. The lowest BCUT2D eigenvalue weighted by Gasteiger charge is -2.07. The number of benzene rings is 1. The molecule has 0 amide bonds. The van der Waals surface area contributed by atoms with E-state index in [1.165, 1.54) is 0 Å². The third-order valence-corrected chi connectivity index (χ3v) is 3.57. The number of methoxy groups -OCH3 is 1. The minimum atomic E-state index is 0.0870. The highest BCUT2D eigenvalue weighted by Gasteiger charge is 2.03. The first-order valence-corrected chi connectivity index (χ1v) is 7.42. The highest BCUT2D eigenvalue weighted by molar-refractivity contribution is 7.98. The quantitative estimate of drug-likeness (QED) is 0.593. The van der Waals surface area contributed by atoms with Gasteiger partial charge in [0.25, 0.3) is 0 Å². The third-order valence-electron chi connectivity index (χ3n) is 2.48. The van der Waals surface area contributed by atoms with E-state index in [4.69, 9.17) is 14.9 Å². The average molecular weight is 280 g/mol. The Kier molecular flexibility index (Phi) is 8.15. The Morgan fingerprint density at radius 3 is 2.79 bits per heavy atom. The van der Waals surface area contributed by atoms with Crippen LogP contribution in [0.5, 0.6) is 5.75 Å². The Bertz CT molecular complexity index is 435. The fourth-order valence-electron chi connectivity index (χ4n) is 1.50. The second kappa shape index (κ2) is 9.74. The number of aliphatic hydroxyl groups is 2. The molecule has 3 nitrogen and oxygen atoms in total. The van der Waals surface area contributed by atoms with Gasteiger partial charge >= 0.3 is 0 Å². The predicted molar refractivity (Wildman–Crippen MR) is 79.4 cm³/mol. The summed E-state index contributed by atoms with van der Waals surface area (Å²) in [6.07, 6.45) is 1.29. The monoisotopic (exact) mass is 280 g/mol. The summed E-state index contributed by atoms with van der Waals surface area (Å²) in [4.78, 5) is 0. The minimum Gasteiger partial charge on any atom is -0.497 e. The van der Waals surface area contributed by atoms with Gasteiger partial charge in [-0.2, -0.15) is 11.8 Å². The molecule has 0 atom stereocenters. The van der Waals surface area contributed by atoms with Crippen LogP contribution < -0.4 is 4.74 Å². The Morgan fingerprint density at radius 2 is 2.11 bits per heavy atom. The molecule has 0 radical (unpaired) electrons. The maximum Gasteiger partial charge on any atom is 0.119 e. The van der Waals surface area contributed by atoms with Crippen molar-refractivity contribution in [1.29, 1.82) is 0 Å². The van der Waals surface area contributed by atoms with E-state index >= 15 is 0 Å². The van der Waals surface area contributed by atoms with Gasteiger partial charge in [0.15, 0.2) is 0 Å². The van der Waals surface area contributed by atoms with Crippen LogP contribution in [0.3, 0.4) is 0 Å². The van der Waals surface area contributed by atoms with Crippen LogP contribution in [0, 0.1) is 11.8 Å². The van der Waals surface area contributed by atoms with E-state index in [0.717, 1.165) is 34.8 Å². The van der Waals surface area contributed by atoms with E-state index in [2.05, 4.69) is 11.8 Å². The molecule has 1 rings (SSSR count). The second-order valence-electron chi connectivity index (χ2n) is 3.93. The molecule has 0 aliphatic carbocycles. The molecule has 0 unspecified atom stereocenters. The van der Waals surface area contributed by atoms with Gasteiger partial charge in [0, 0.05) is 24.3 Å². The van der Waals surface area contributed by atoms with Gasteiger partial charge in [0.2, 0.25) is 0 Å². The number of hydrogen-bond donors (Lipinski definition) is 2. The number of hydrogen-bond acceptors (Lipinski definition) is 4. The minimum absolute atomic E-state index is 0.0870. The SMILES string of the molecule is COc1ccc(C#CCCO)c(CSCCCO)c1. The first-order chi connectivity index (χ1) is 9.31. The third kappa shape index (κ3) is 6.02. The standard InChI is InChI=1S/C15H20O3S/c1-18-15-7-6-13(5-2-3-8-16)14(11-15)12-19-10-4-9-17/h6-7,11,16-17H,3-4,8-10,12H2,1H3. The molecule has 0 aromatic heterocycles. The van der Waals surface area contributed by atoms with Crippen molar-refractivity contribution < 1.29 is 14.9 Å². The lowest BCUT2D eigenvalue weighted by Crippen LogP contribution is -1.93. The van der Waals surface area contributed by atoms with Crippen LogP contribution in [0.2, 0.25) is 0 Å². The predicted octanol–water partition coefficient (Wildman–Crippen LogP) is 2.04. The molecular weight excluding hydrogens is 260 g/mol. The van der Waals surface area contributed by atoms with E-state index in [-0.39, 0.29) is 13.2 Å². The zero-order valence-electron chi connectivity index (χ0n) is 11.2. The van der Waals surface area contributed by atoms with Crippen molar-refractivity contribution in [3.8, 4) is 17.6 Å². The zero-order chi connectivity index (χ0) is 13.9. The highest BCUT2D eigenvalue weighted by Crippen LogP contribution is 2.22. The largest absolute Gasteiger partial charge is 0.497 e. The van der Waals surface area contributed by atoms with Crippen molar-refractivity contribution >= 4 is 11.8 Å². The van der Waals surface area contributed by atoms with Crippen LogP contribution in [-0.4, -0.2) is 36.3 Å². The molecule has 0 heterocycles. The number of aliphatic hydroxyl groups excluding tert-OH is 2. The first-order valence-electron chi connectivity index (χ1n) is 6.27. The Hall–Kier alpha value is -1.15. The van der Waals surface area contributed by atoms with Crippen LogP contribution in [-0.2, 0) is 5.75 Å². The molecule has 0 aliphatic heterocycles. The van der Waals surface area contributed by atoms with Crippen LogP contribution in [0.15, 0.2) is 18.2 Å². The summed E-state index contributed by atoms with van der Waals surface area (Å²) < 4.78 is 5.23. The molecule has 0 aliphatic rings. The Labute approximate surface area is 119 Å². The summed E-state index contributed by atoms with van der Waals surface area (Å²) in [6, 6.07) is 5.84. The normalized spacial score (nSPS) is 9.84. The Balaban J connectivity index is 2.75. The van der Waals surface area contributed by atoms with Crippen molar-refractivity contribution in [3.05, 3.63) is 29.3 Å². The molecule has 2 N–H and O–H groups in total. The molecule has 1 aromatic carbocycles. The van der Waals surface area contributed by atoms with Crippen molar-refractivity contribution in [1.82, 2.24) is 0 Å². The van der Waals surface area contributed by atoms with Crippen LogP contribution in [0.1, 0.15) is 24.0 Å². The maximum absolute atomic E-state index is 8.76. The van der Waals surface area contributed by atoms with Crippen LogP contribution in [0.4, 0.5) is 0 Å². The number of rotatable bonds is 7. The van der Waals surface area contributed by atoms with E-state index in [0.29, 0.717) is 6.42 Å². The number of ether oxygens (including phenoxy) is 1. The van der Waals surface area contributed by atoms with Crippen molar-refractivity contribution in [2.24, 2.45) is 0 Å². The topological polar surface area (TPSA) is 49.7 Å². The van der Waals surface area contributed by atoms with E-state index in [9.17, 15) is 0 Å².